The van der Waals surface area contributed by atoms with Crippen molar-refractivity contribution in [1.29, 1.82) is 0 Å². The van der Waals surface area contributed by atoms with Crippen molar-refractivity contribution in [3.63, 3.8) is 0 Å². The Bertz CT molecular complexity index is 133. The number of rotatable bonds is 2. The summed E-state index contributed by atoms with van der Waals surface area (Å²) < 4.78 is 0. The van der Waals surface area contributed by atoms with Crippen LogP contribution in [-0.4, -0.2) is 17.0 Å². The molecular formula is C8H11BrO. The first-order valence-electron chi connectivity index (χ1n) is 3.40. The van der Waals surface area contributed by atoms with E-state index in [1.807, 2.05) is 18.2 Å². The average Bonchev–Trinajstić information content (AvgIpc) is 2.04. The summed E-state index contributed by atoms with van der Waals surface area (Å²) in [5, 5.41) is 9.82. The first-order chi connectivity index (χ1) is 4.88. The Hall–Kier alpha value is -0.0800. The summed E-state index contributed by atoms with van der Waals surface area (Å²) in [7, 11) is 0. The van der Waals surface area contributed by atoms with E-state index in [-0.39, 0.29) is 6.61 Å². The zero-order chi connectivity index (χ0) is 7.40. The Morgan fingerprint density at radius 3 is 2.20 bits per heavy atom. The summed E-state index contributed by atoms with van der Waals surface area (Å²) in [5.41, 5.74) is 0. The van der Waals surface area contributed by atoms with Crippen LogP contribution in [0.5, 0.6) is 0 Å². The van der Waals surface area contributed by atoms with Gasteiger partial charge in [0.15, 0.2) is 0 Å². The highest BCUT2D eigenvalue weighted by Gasteiger charge is 2.15. The van der Waals surface area contributed by atoms with Gasteiger partial charge in [-0.05, 0) is 5.92 Å². The standard InChI is InChI=1S/C8H11BrO/c9-5-7-3-1-2-4-8(7)6-10/h1-4,7-8,10H,5-6H2. The molecule has 0 aromatic heterocycles. The third-order valence-electron chi connectivity index (χ3n) is 1.77. The number of hydrogen-bond acceptors (Lipinski definition) is 1. The smallest absolute Gasteiger partial charge is 0.0499 e. The minimum absolute atomic E-state index is 0.247. The zero-order valence-corrected chi connectivity index (χ0v) is 7.29. The molecule has 1 aliphatic carbocycles. The Morgan fingerprint density at radius 2 is 1.80 bits per heavy atom. The fraction of sp³-hybridized carbons (Fsp3) is 0.500. The van der Waals surface area contributed by atoms with E-state index in [1.54, 1.807) is 0 Å². The van der Waals surface area contributed by atoms with Crippen molar-refractivity contribution < 1.29 is 5.11 Å². The van der Waals surface area contributed by atoms with E-state index in [4.69, 9.17) is 5.11 Å². The van der Waals surface area contributed by atoms with Gasteiger partial charge in [0, 0.05) is 17.9 Å². The van der Waals surface area contributed by atoms with Crippen LogP contribution in [0.15, 0.2) is 24.3 Å². The molecule has 0 spiro atoms. The molecule has 2 heteroatoms. The van der Waals surface area contributed by atoms with E-state index in [1.165, 1.54) is 0 Å². The van der Waals surface area contributed by atoms with Gasteiger partial charge in [0.2, 0.25) is 0 Å². The van der Waals surface area contributed by atoms with Crippen LogP contribution in [0, 0.1) is 11.8 Å². The lowest BCUT2D eigenvalue weighted by molar-refractivity contribution is 0.231. The van der Waals surface area contributed by atoms with E-state index in [2.05, 4.69) is 22.0 Å². The SMILES string of the molecule is OCC1C=CC=CC1CBr. The maximum atomic E-state index is 8.89. The van der Waals surface area contributed by atoms with Gasteiger partial charge in [0.05, 0.1) is 0 Å². The number of aliphatic hydroxyl groups is 1. The van der Waals surface area contributed by atoms with Gasteiger partial charge in [0.1, 0.15) is 0 Å². The van der Waals surface area contributed by atoms with Crippen molar-refractivity contribution >= 4 is 15.9 Å². The van der Waals surface area contributed by atoms with Gasteiger partial charge in [-0.3, -0.25) is 0 Å². The van der Waals surface area contributed by atoms with E-state index in [9.17, 15) is 0 Å². The quantitative estimate of drug-likeness (QED) is 0.677. The second-order valence-corrected chi connectivity index (χ2v) is 3.08. The van der Waals surface area contributed by atoms with E-state index < -0.39 is 0 Å². The lowest BCUT2D eigenvalue weighted by Crippen LogP contribution is -2.17. The van der Waals surface area contributed by atoms with Gasteiger partial charge in [0.25, 0.3) is 0 Å². The number of aliphatic hydroxyl groups excluding tert-OH is 1. The summed E-state index contributed by atoms with van der Waals surface area (Å²) >= 11 is 3.40. The van der Waals surface area contributed by atoms with Crippen molar-refractivity contribution in [2.75, 3.05) is 11.9 Å². The molecule has 56 valence electrons. The number of halogens is 1. The molecule has 0 aliphatic heterocycles. The minimum Gasteiger partial charge on any atom is -0.396 e. The molecule has 0 fully saturated rings. The van der Waals surface area contributed by atoms with Crippen LogP contribution < -0.4 is 0 Å². The molecule has 0 aromatic carbocycles. The van der Waals surface area contributed by atoms with Gasteiger partial charge < -0.3 is 5.11 Å². The van der Waals surface area contributed by atoms with Crippen molar-refractivity contribution in [1.82, 2.24) is 0 Å². The summed E-state index contributed by atoms with van der Waals surface area (Å²) in [5.74, 6) is 0.777. The number of alkyl halides is 1. The van der Waals surface area contributed by atoms with Crippen molar-refractivity contribution in [2.45, 2.75) is 0 Å². The van der Waals surface area contributed by atoms with Crippen LogP contribution in [0.25, 0.3) is 0 Å². The molecule has 2 atom stereocenters. The Morgan fingerprint density at radius 1 is 1.20 bits per heavy atom. The maximum absolute atomic E-state index is 8.89. The Labute approximate surface area is 69.6 Å². The molecule has 0 saturated heterocycles. The summed E-state index contributed by atoms with van der Waals surface area (Å²) in [4.78, 5) is 0. The van der Waals surface area contributed by atoms with Crippen molar-refractivity contribution in [3.8, 4) is 0 Å². The van der Waals surface area contributed by atoms with Crippen molar-refractivity contribution in [3.05, 3.63) is 24.3 Å². The Kier molecular flexibility index (Phi) is 3.16. The molecular weight excluding hydrogens is 192 g/mol. The molecule has 0 radical (unpaired) electrons. The maximum Gasteiger partial charge on any atom is 0.0499 e. The third-order valence-corrected chi connectivity index (χ3v) is 2.51. The average molecular weight is 203 g/mol. The minimum atomic E-state index is 0.247. The number of allylic oxidation sites excluding steroid dienone is 3. The second-order valence-electron chi connectivity index (χ2n) is 2.43. The molecule has 1 aliphatic rings. The molecule has 0 aromatic rings. The van der Waals surface area contributed by atoms with Gasteiger partial charge in [-0.15, -0.1) is 0 Å². The lowest BCUT2D eigenvalue weighted by atomic mass is 9.91. The fourth-order valence-electron chi connectivity index (χ4n) is 1.06. The first-order valence-corrected chi connectivity index (χ1v) is 4.52. The van der Waals surface area contributed by atoms with Crippen LogP contribution in [0.4, 0.5) is 0 Å². The number of hydrogen-bond donors (Lipinski definition) is 1. The predicted molar refractivity (Wildman–Crippen MR) is 46.1 cm³/mol. The van der Waals surface area contributed by atoms with Crippen LogP contribution >= 0.6 is 15.9 Å². The monoisotopic (exact) mass is 202 g/mol. The van der Waals surface area contributed by atoms with Gasteiger partial charge in [-0.1, -0.05) is 40.2 Å². The molecule has 0 saturated carbocycles. The van der Waals surface area contributed by atoms with Crippen LogP contribution in [-0.2, 0) is 0 Å². The zero-order valence-electron chi connectivity index (χ0n) is 5.70. The molecule has 2 unspecified atom stereocenters. The van der Waals surface area contributed by atoms with E-state index in [0.717, 1.165) is 5.33 Å². The molecule has 0 amide bonds. The Balaban J connectivity index is 2.55. The molecule has 10 heavy (non-hydrogen) atoms. The van der Waals surface area contributed by atoms with Crippen LogP contribution in [0.3, 0.4) is 0 Å². The topological polar surface area (TPSA) is 20.2 Å². The second kappa shape index (κ2) is 3.94. The molecule has 0 heterocycles. The molecule has 1 rings (SSSR count). The molecule has 0 bridgehead atoms. The van der Waals surface area contributed by atoms with Crippen LogP contribution in [0.1, 0.15) is 0 Å². The van der Waals surface area contributed by atoms with Gasteiger partial charge in [-0.25, -0.2) is 0 Å². The normalized spacial score (nSPS) is 31.0. The van der Waals surface area contributed by atoms with Gasteiger partial charge >= 0.3 is 0 Å². The third kappa shape index (κ3) is 1.70. The molecule has 1 nitrogen and oxygen atoms in total. The summed E-state index contributed by atoms with van der Waals surface area (Å²) in [6, 6.07) is 0. The predicted octanol–water partition coefficient (Wildman–Crippen LogP) is 1.73. The molecule has 1 N–H and O–H groups in total. The highest BCUT2D eigenvalue weighted by atomic mass is 79.9. The van der Waals surface area contributed by atoms with Crippen molar-refractivity contribution in [2.24, 2.45) is 11.8 Å². The lowest BCUT2D eigenvalue weighted by Gasteiger charge is -2.19. The summed E-state index contributed by atoms with van der Waals surface area (Å²) in [6.45, 7) is 0.247. The highest BCUT2D eigenvalue weighted by Crippen LogP contribution is 2.20. The highest BCUT2D eigenvalue weighted by molar-refractivity contribution is 9.09. The van der Waals surface area contributed by atoms with E-state index in [0.29, 0.717) is 11.8 Å². The van der Waals surface area contributed by atoms with Crippen LogP contribution in [0.2, 0.25) is 0 Å². The van der Waals surface area contributed by atoms with Gasteiger partial charge in [-0.2, -0.15) is 0 Å². The summed E-state index contributed by atoms with van der Waals surface area (Å²) in [6.07, 6.45) is 8.18. The fourth-order valence-corrected chi connectivity index (χ4v) is 1.76. The first kappa shape index (κ1) is 8.02. The van der Waals surface area contributed by atoms with E-state index >= 15 is 0 Å². The largest absolute Gasteiger partial charge is 0.396 e.